The first-order valence-corrected chi connectivity index (χ1v) is 8.34. The molecule has 4 N–H and O–H groups in total. The second-order valence-electron chi connectivity index (χ2n) is 5.71. The number of amides is 2. The van der Waals surface area contributed by atoms with Gasteiger partial charge in [-0.2, -0.15) is 13.9 Å². The highest BCUT2D eigenvalue weighted by molar-refractivity contribution is 6.37. The van der Waals surface area contributed by atoms with E-state index in [2.05, 4.69) is 36.6 Å². The number of carbonyl (C=O) groups is 2. The number of benzene rings is 1. The van der Waals surface area contributed by atoms with Gasteiger partial charge in [0.15, 0.2) is 5.75 Å². The molecule has 29 heavy (non-hydrogen) atoms. The van der Waals surface area contributed by atoms with E-state index < -0.39 is 24.2 Å². The first-order valence-electron chi connectivity index (χ1n) is 7.97. The molecular weight excluding hydrogens is 414 g/mol. The number of aromatic nitrogens is 2. The number of alkyl halides is 2. The summed E-state index contributed by atoms with van der Waals surface area (Å²) in [5.41, 5.74) is 4.79. The molecule has 11 nitrogen and oxygen atoms in total. The molecule has 2 amide bonds. The van der Waals surface area contributed by atoms with Crippen LogP contribution in [0.4, 0.5) is 14.5 Å². The van der Waals surface area contributed by atoms with Gasteiger partial charge < -0.3 is 10.1 Å². The van der Waals surface area contributed by atoms with E-state index in [0.29, 0.717) is 0 Å². The highest BCUT2D eigenvalue weighted by atomic mass is 35.5. The summed E-state index contributed by atoms with van der Waals surface area (Å²) in [5, 5.41) is 13.6. The van der Waals surface area contributed by atoms with Crippen molar-refractivity contribution >= 4 is 35.1 Å². The summed E-state index contributed by atoms with van der Waals surface area (Å²) in [7, 11) is 3.19. The standard InChI is InChI=1S/C15H15ClF2N8O3/c1-25-6-7(5-19-25)12(27)20-11-9(29-14(17)18)4-3-8(10(11)16)13(28)21-15-22-23-24-26(15)2/h3-6,14,23-24H,1-2H3,(H,20,27)(H,21,22,28). The Labute approximate surface area is 167 Å². The van der Waals surface area contributed by atoms with Gasteiger partial charge in [0.1, 0.15) is 5.69 Å². The Hall–Kier alpha value is -3.45. The molecule has 0 radical (unpaired) electrons. The van der Waals surface area contributed by atoms with Crippen LogP contribution in [0.25, 0.3) is 0 Å². The number of aryl methyl sites for hydroxylation is 1. The number of guanidine groups is 1. The topological polar surface area (TPSA) is 125 Å². The van der Waals surface area contributed by atoms with Crippen molar-refractivity contribution in [3.05, 3.63) is 40.7 Å². The van der Waals surface area contributed by atoms with Gasteiger partial charge in [-0.15, -0.1) is 10.6 Å². The Kier molecular flexibility index (Phi) is 5.79. The number of nitrogens with one attached hydrogen (secondary N) is 4. The number of rotatable bonds is 5. The summed E-state index contributed by atoms with van der Waals surface area (Å²) >= 11 is 6.24. The van der Waals surface area contributed by atoms with Gasteiger partial charge in [-0.1, -0.05) is 11.6 Å². The summed E-state index contributed by atoms with van der Waals surface area (Å²) in [4.78, 5) is 24.9. The lowest BCUT2D eigenvalue weighted by atomic mass is 10.1. The molecule has 1 aliphatic rings. The second-order valence-corrected chi connectivity index (χ2v) is 6.09. The number of hydrogen-bond donors (Lipinski definition) is 4. The number of carbonyl (C=O) groups excluding carboxylic acids is 2. The Morgan fingerprint density at radius 3 is 2.59 bits per heavy atom. The van der Waals surface area contributed by atoms with Crippen molar-refractivity contribution in [3.8, 4) is 5.75 Å². The van der Waals surface area contributed by atoms with E-state index in [9.17, 15) is 18.4 Å². The third-order valence-electron chi connectivity index (χ3n) is 3.69. The maximum Gasteiger partial charge on any atom is 0.387 e. The highest BCUT2D eigenvalue weighted by Gasteiger charge is 2.24. The van der Waals surface area contributed by atoms with Gasteiger partial charge in [0.05, 0.1) is 22.3 Å². The van der Waals surface area contributed by atoms with Crippen molar-refractivity contribution < 1.29 is 23.1 Å². The molecule has 1 aromatic heterocycles. The third kappa shape index (κ3) is 4.52. The molecule has 0 fully saturated rings. The first kappa shape index (κ1) is 20.3. The zero-order valence-corrected chi connectivity index (χ0v) is 15.8. The van der Waals surface area contributed by atoms with E-state index in [0.717, 1.165) is 6.07 Å². The van der Waals surface area contributed by atoms with Crippen molar-refractivity contribution in [1.29, 1.82) is 0 Å². The summed E-state index contributed by atoms with van der Waals surface area (Å²) in [5.74, 6) is -1.63. The number of hydrazone groups is 1. The van der Waals surface area contributed by atoms with Crippen LogP contribution in [-0.2, 0) is 7.05 Å². The normalized spacial score (nSPS) is 13.2. The lowest BCUT2D eigenvalue weighted by Crippen LogP contribution is -2.45. The molecule has 0 saturated carbocycles. The monoisotopic (exact) mass is 428 g/mol. The van der Waals surface area contributed by atoms with Crippen LogP contribution in [0.15, 0.2) is 29.6 Å². The number of anilines is 1. The molecule has 3 rings (SSSR count). The second kappa shape index (κ2) is 8.28. The fourth-order valence-electron chi connectivity index (χ4n) is 2.33. The van der Waals surface area contributed by atoms with Gasteiger partial charge in [-0.3, -0.25) is 24.6 Å². The summed E-state index contributed by atoms with van der Waals surface area (Å²) in [6.45, 7) is -3.17. The van der Waals surface area contributed by atoms with Crippen LogP contribution < -0.4 is 26.4 Å². The summed E-state index contributed by atoms with van der Waals surface area (Å²) in [6.07, 6.45) is 2.70. The van der Waals surface area contributed by atoms with Crippen LogP contribution in [0.1, 0.15) is 20.7 Å². The lowest BCUT2D eigenvalue weighted by Gasteiger charge is -2.17. The van der Waals surface area contributed by atoms with E-state index >= 15 is 0 Å². The minimum absolute atomic E-state index is 0.0993. The zero-order chi connectivity index (χ0) is 21.1. The number of nitrogens with zero attached hydrogens (tertiary/aromatic N) is 4. The van der Waals surface area contributed by atoms with Crippen molar-refractivity contribution in [2.75, 3.05) is 12.4 Å². The number of hydrazine groups is 2. The average Bonchev–Trinajstić information content (AvgIpc) is 3.26. The molecule has 14 heteroatoms. The predicted molar refractivity (Wildman–Crippen MR) is 98.2 cm³/mol. The lowest BCUT2D eigenvalue weighted by molar-refractivity contribution is -0.0493. The maximum absolute atomic E-state index is 12.8. The van der Waals surface area contributed by atoms with Crippen molar-refractivity contribution in [2.45, 2.75) is 6.61 Å². The van der Waals surface area contributed by atoms with Crippen LogP contribution in [0.3, 0.4) is 0 Å². The van der Waals surface area contributed by atoms with Gasteiger partial charge in [-0.25, -0.2) is 5.53 Å². The summed E-state index contributed by atoms with van der Waals surface area (Å²) < 4.78 is 31.3. The largest absolute Gasteiger partial charge is 0.433 e. The quantitative estimate of drug-likeness (QED) is 0.557. The van der Waals surface area contributed by atoms with Gasteiger partial charge in [0.25, 0.3) is 11.8 Å². The van der Waals surface area contributed by atoms with Crippen LogP contribution in [0.5, 0.6) is 5.75 Å². The SMILES string of the molecule is CN1NNN=C1NC(=O)c1ccc(OC(F)F)c(NC(=O)c2cnn(C)c2)c1Cl. The molecule has 0 saturated heterocycles. The van der Waals surface area contributed by atoms with Crippen LogP contribution in [0.2, 0.25) is 5.02 Å². The minimum atomic E-state index is -3.17. The average molecular weight is 429 g/mol. The van der Waals surface area contributed by atoms with Crippen molar-refractivity contribution in [3.63, 3.8) is 0 Å². The maximum atomic E-state index is 12.8. The molecule has 1 aliphatic heterocycles. The van der Waals surface area contributed by atoms with Crippen LogP contribution >= 0.6 is 11.6 Å². The highest BCUT2D eigenvalue weighted by Crippen LogP contribution is 2.36. The van der Waals surface area contributed by atoms with Gasteiger partial charge in [-0.05, 0) is 12.1 Å². The number of hydrogen-bond acceptors (Lipinski definition) is 8. The van der Waals surface area contributed by atoms with E-state index in [-0.39, 0.29) is 27.8 Å². The van der Waals surface area contributed by atoms with E-state index in [1.54, 1.807) is 14.1 Å². The van der Waals surface area contributed by atoms with Crippen molar-refractivity contribution in [1.82, 2.24) is 31.2 Å². The molecule has 2 aromatic rings. The number of ether oxygens (including phenoxy) is 1. The van der Waals surface area contributed by atoms with Crippen LogP contribution in [-0.4, -0.2) is 46.2 Å². The molecule has 154 valence electrons. The van der Waals surface area contributed by atoms with E-state index in [1.165, 1.54) is 28.2 Å². The van der Waals surface area contributed by atoms with Crippen LogP contribution in [0, 0.1) is 0 Å². The minimum Gasteiger partial charge on any atom is -0.433 e. The molecular formula is C15H15ClF2N8O3. The van der Waals surface area contributed by atoms with Gasteiger partial charge in [0, 0.05) is 20.3 Å². The van der Waals surface area contributed by atoms with Gasteiger partial charge >= 0.3 is 6.61 Å². The third-order valence-corrected chi connectivity index (χ3v) is 4.09. The molecule has 0 atom stereocenters. The Bertz CT molecular complexity index is 980. The van der Waals surface area contributed by atoms with E-state index in [4.69, 9.17) is 11.6 Å². The first-order chi connectivity index (χ1) is 13.8. The molecule has 0 unspecified atom stereocenters. The van der Waals surface area contributed by atoms with E-state index in [1.807, 2.05) is 0 Å². The number of halogens is 3. The molecule has 1 aromatic carbocycles. The molecule has 0 spiro atoms. The fraction of sp³-hybridized carbons (Fsp3) is 0.200. The Morgan fingerprint density at radius 1 is 1.24 bits per heavy atom. The predicted octanol–water partition coefficient (Wildman–Crippen LogP) is 0.883. The summed E-state index contributed by atoms with van der Waals surface area (Å²) in [6, 6.07) is 2.29. The smallest absolute Gasteiger partial charge is 0.387 e. The zero-order valence-electron chi connectivity index (χ0n) is 15.0. The van der Waals surface area contributed by atoms with Gasteiger partial charge in [0.2, 0.25) is 5.96 Å². The van der Waals surface area contributed by atoms with Crippen molar-refractivity contribution in [2.24, 2.45) is 12.1 Å². The molecule has 2 heterocycles. The Morgan fingerprint density at radius 2 is 2.00 bits per heavy atom. The Balaban J connectivity index is 1.92. The molecule has 0 bridgehead atoms. The molecule has 0 aliphatic carbocycles. The fourth-order valence-corrected chi connectivity index (χ4v) is 2.62.